The molecule has 1 spiro atoms. The number of carbonyl (C=O) groups is 1. The smallest absolute Gasteiger partial charge is 0.300 e. The van der Waals surface area contributed by atoms with E-state index in [9.17, 15) is 0 Å². The van der Waals surface area contributed by atoms with Gasteiger partial charge in [-0.3, -0.25) is 4.79 Å². The molecule has 2 aliphatic carbocycles. The molecule has 6 rings (SSSR count). The molecule has 3 heterocycles. The van der Waals surface area contributed by atoms with Crippen molar-refractivity contribution in [2.24, 2.45) is 5.92 Å². The molecule has 2 bridgehead atoms. The molecule has 1 aromatic rings. The summed E-state index contributed by atoms with van der Waals surface area (Å²) in [5.74, 6) is 1.31. The first-order valence-electron chi connectivity index (χ1n) is 12.7. The minimum atomic E-state index is -0.833. The molecule has 3 aliphatic heterocycles. The zero-order valence-electron chi connectivity index (χ0n) is 20.9. The maximum atomic E-state index is 9.00. The largest absolute Gasteiger partial charge is 0.482 e. The van der Waals surface area contributed by atoms with Crippen LogP contribution in [0.4, 0.5) is 0 Å². The van der Waals surface area contributed by atoms with Crippen LogP contribution in [0, 0.1) is 5.92 Å². The van der Waals surface area contributed by atoms with Crippen molar-refractivity contribution >= 4 is 5.97 Å². The Morgan fingerprint density at radius 2 is 2.11 bits per heavy atom. The van der Waals surface area contributed by atoms with Crippen molar-refractivity contribution in [1.29, 1.82) is 0 Å². The Morgan fingerprint density at radius 1 is 1.29 bits per heavy atom. The average Bonchev–Trinajstić information content (AvgIpc) is 3.20. The van der Waals surface area contributed by atoms with Crippen LogP contribution in [-0.2, 0) is 30.8 Å². The number of benzene rings is 1. The molecular formula is C27H37NO7. The number of ether oxygens (including phenoxy) is 5. The van der Waals surface area contributed by atoms with Gasteiger partial charge < -0.3 is 33.7 Å². The number of hydrogen-bond donors (Lipinski definition) is 1. The standard InChI is InChI=1S/C25H33NO5.C2H4O2/c1-26-11-10-25-18-7-9-21(29-14-17-5-3-4-12-28-17)24(25)31-23-20(30-15-27-2)8-6-16(22(23)25)13-19(18)26;1-2(3)4/h6-9,17-19,21,24H,3-5,10-15H2,1-2H3;1H3,(H,3,4)/t17?,18-,19+,21-,24-,25-;/m0./s1. The lowest BCUT2D eigenvalue weighted by atomic mass is 9.53. The number of nitrogens with zero attached hydrogens (tertiary/aromatic N) is 1. The molecule has 192 valence electrons. The van der Waals surface area contributed by atoms with E-state index in [0.29, 0.717) is 18.6 Å². The van der Waals surface area contributed by atoms with E-state index in [0.717, 1.165) is 57.3 Å². The van der Waals surface area contributed by atoms with Gasteiger partial charge in [0.2, 0.25) is 0 Å². The second-order valence-electron chi connectivity index (χ2n) is 10.3. The first kappa shape index (κ1) is 24.6. The second kappa shape index (κ2) is 10.1. The van der Waals surface area contributed by atoms with Gasteiger partial charge in [0.25, 0.3) is 5.97 Å². The van der Waals surface area contributed by atoms with Crippen LogP contribution >= 0.6 is 0 Å². The van der Waals surface area contributed by atoms with E-state index >= 15 is 0 Å². The highest BCUT2D eigenvalue weighted by Gasteiger charge is 2.64. The molecule has 5 aliphatic rings. The monoisotopic (exact) mass is 487 g/mol. The Labute approximate surface area is 207 Å². The minimum absolute atomic E-state index is 0.0244. The molecule has 2 fully saturated rings. The van der Waals surface area contributed by atoms with Crippen LogP contribution in [0.15, 0.2) is 24.3 Å². The van der Waals surface area contributed by atoms with Crippen LogP contribution in [0.25, 0.3) is 0 Å². The summed E-state index contributed by atoms with van der Waals surface area (Å²) in [6.07, 6.45) is 10.4. The van der Waals surface area contributed by atoms with Crippen LogP contribution in [0.3, 0.4) is 0 Å². The molecule has 1 unspecified atom stereocenters. The van der Waals surface area contributed by atoms with Gasteiger partial charge in [-0.05, 0) is 57.3 Å². The highest BCUT2D eigenvalue weighted by molar-refractivity contribution is 5.63. The molecule has 6 atom stereocenters. The predicted octanol–water partition coefficient (Wildman–Crippen LogP) is 3.16. The fourth-order valence-electron chi connectivity index (χ4n) is 6.75. The first-order chi connectivity index (χ1) is 17.0. The molecule has 0 amide bonds. The van der Waals surface area contributed by atoms with E-state index in [1.807, 2.05) is 0 Å². The number of aliphatic carboxylic acids is 1. The highest BCUT2D eigenvalue weighted by Crippen LogP contribution is 2.62. The van der Waals surface area contributed by atoms with Gasteiger partial charge in [0.1, 0.15) is 12.2 Å². The molecule has 35 heavy (non-hydrogen) atoms. The topological polar surface area (TPSA) is 86.7 Å². The zero-order chi connectivity index (χ0) is 24.6. The maximum Gasteiger partial charge on any atom is 0.300 e. The molecule has 1 N–H and O–H groups in total. The van der Waals surface area contributed by atoms with Crippen LogP contribution in [-0.4, -0.2) is 81.0 Å². The Bertz CT molecular complexity index is 955. The first-order valence-corrected chi connectivity index (χ1v) is 12.7. The second-order valence-corrected chi connectivity index (χ2v) is 10.3. The van der Waals surface area contributed by atoms with Crippen LogP contribution < -0.4 is 9.47 Å². The van der Waals surface area contributed by atoms with E-state index in [4.69, 9.17) is 33.6 Å². The van der Waals surface area contributed by atoms with E-state index in [2.05, 4.69) is 36.2 Å². The summed E-state index contributed by atoms with van der Waals surface area (Å²) in [7, 11) is 3.91. The predicted molar refractivity (Wildman–Crippen MR) is 129 cm³/mol. The lowest BCUT2D eigenvalue weighted by Gasteiger charge is -2.56. The molecule has 1 aromatic carbocycles. The third kappa shape index (κ3) is 4.35. The molecule has 2 saturated heterocycles. The Kier molecular flexibility index (Phi) is 7.08. The Morgan fingerprint density at radius 3 is 2.86 bits per heavy atom. The fourth-order valence-corrected chi connectivity index (χ4v) is 6.75. The van der Waals surface area contributed by atoms with Crippen molar-refractivity contribution in [3.8, 4) is 11.5 Å². The van der Waals surface area contributed by atoms with Gasteiger partial charge in [-0.25, -0.2) is 0 Å². The summed E-state index contributed by atoms with van der Waals surface area (Å²) in [6, 6.07) is 4.79. The maximum absolute atomic E-state index is 9.00. The number of piperidine rings is 1. The Hall–Kier alpha value is -2.13. The van der Waals surface area contributed by atoms with Crippen molar-refractivity contribution in [3.63, 3.8) is 0 Å². The molecule has 0 radical (unpaired) electrons. The van der Waals surface area contributed by atoms with E-state index in [1.165, 1.54) is 17.5 Å². The van der Waals surface area contributed by atoms with Crippen molar-refractivity contribution in [1.82, 2.24) is 4.90 Å². The number of rotatable bonds is 6. The zero-order valence-corrected chi connectivity index (χ0v) is 20.9. The van der Waals surface area contributed by atoms with Crippen molar-refractivity contribution in [2.75, 3.05) is 40.7 Å². The van der Waals surface area contributed by atoms with Gasteiger partial charge in [0.05, 0.1) is 12.7 Å². The van der Waals surface area contributed by atoms with Gasteiger partial charge in [0.15, 0.2) is 18.3 Å². The highest BCUT2D eigenvalue weighted by atomic mass is 16.7. The average molecular weight is 488 g/mol. The number of likely N-dealkylation sites (N-methyl/N-ethyl adjacent to an activating group) is 1. The summed E-state index contributed by atoms with van der Waals surface area (Å²) >= 11 is 0. The van der Waals surface area contributed by atoms with Crippen molar-refractivity contribution in [2.45, 2.75) is 68.8 Å². The van der Waals surface area contributed by atoms with Crippen LogP contribution in [0.2, 0.25) is 0 Å². The van der Waals surface area contributed by atoms with Gasteiger partial charge >= 0.3 is 0 Å². The van der Waals surface area contributed by atoms with Crippen molar-refractivity contribution < 1.29 is 33.6 Å². The number of likely N-dealkylation sites (tertiary alicyclic amines) is 1. The number of methoxy groups -OCH3 is 1. The molecular weight excluding hydrogens is 450 g/mol. The lowest BCUT2D eigenvalue weighted by molar-refractivity contribution is -0.134. The van der Waals surface area contributed by atoms with E-state index < -0.39 is 5.97 Å². The van der Waals surface area contributed by atoms with E-state index in [1.54, 1.807) is 7.11 Å². The summed E-state index contributed by atoms with van der Waals surface area (Å²) in [5, 5.41) is 7.42. The summed E-state index contributed by atoms with van der Waals surface area (Å²) in [4.78, 5) is 11.5. The van der Waals surface area contributed by atoms with Crippen LogP contribution in [0.1, 0.15) is 43.7 Å². The molecule has 0 saturated carbocycles. The number of hydrogen-bond acceptors (Lipinski definition) is 7. The third-order valence-electron chi connectivity index (χ3n) is 8.20. The fraction of sp³-hybridized carbons (Fsp3) is 0.667. The van der Waals surface area contributed by atoms with Gasteiger partial charge in [0, 0.05) is 43.6 Å². The normalized spacial score (nSPS) is 34.3. The number of carboxylic acids is 1. The van der Waals surface area contributed by atoms with Gasteiger partial charge in [-0.2, -0.15) is 0 Å². The molecule has 8 nitrogen and oxygen atoms in total. The summed E-state index contributed by atoms with van der Waals surface area (Å²) in [5.41, 5.74) is 2.73. The van der Waals surface area contributed by atoms with Crippen molar-refractivity contribution in [3.05, 3.63) is 35.4 Å². The summed E-state index contributed by atoms with van der Waals surface area (Å²) < 4.78 is 30.3. The summed E-state index contributed by atoms with van der Waals surface area (Å²) in [6.45, 7) is 3.87. The number of carboxylic acid groups (broad SMARTS) is 1. The third-order valence-corrected chi connectivity index (χ3v) is 8.20. The lowest BCUT2D eigenvalue weighted by Crippen LogP contribution is -2.65. The quantitative estimate of drug-likeness (QED) is 0.484. The SMILES string of the molecule is CC(=O)O.COCOc1ccc2c3c1O[C@H]1[C@@H](OCC4CCCCO4)C=C[C@H]4[C@@H](C2)N(C)CC[C@@]341. The molecule has 0 aromatic heterocycles. The van der Waals surface area contributed by atoms with Crippen LogP contribution in [0.5, 0.6) is 11.5 Å². The Balaban J connectivity index is 0.000000591. The molecule has 8 heteroatoms. The minimum Gasteiger partial charge on any atom is -0.482 e. The van der Waals surface area contributed by atoms with E-state index in [-0.39, 0.29) is 30.5 Å². The van der Waals surface area contributed by atoms with Gasteiger partial charge in [-0.15, -0.1) is 0 Å². The van der Waals surface area contributed by atoms with Gasteiger partial charge in [-0.1, -0.05) is 18.2 Å².